The summed E-state index contributed by atoms with van der Waals surface area (Å²) in [5.41, 5.74) is 0. The maximum atomic E-state index is 11.7. The predicted octanol–water partition coefficient (Wildman–Crippen LogP) is -0.291. The topological polar surface area (TPSA) is 83.8 Å². The maximum absolute atomic E-state index is 11.7. The number of aliphatic hydroxyl groups excluding tert-OH is 1. The van der Waals surface area contributed by atoms with Gasteiger partial charge in [0.1, 0.15) is 5.25 Å². The van der Waals surface area contributed by atoms with Crippen LogP contribution in [-0.4, -0.2) is 43.1 Å². The van der Waals surface area contributed by atoms with Crippen LogP contribution in [-0.2, 0) is 14.6 Å². The second-order valence-electron chi connectivity index (χ2n) is 3.24. The number of carbonyl (C=O) groups excluding carboxylic acids is 1. The fourth-order valence-electron chi connectivity index (χ4n) is 1.25. The average molecular weight is 231 g/mol. The van der Waals surface area contributed by atoms with Crippen molar-refractivity contribution >= 4 is 21.8 Å². The van der Waals surface area contributed by atoms with Gasteiger partial charge in [-0.15, -0.1) is 0 Å². The molecular formula is C9H13NO4S. The third-order valence-corrected chi connectivity index (χ3v) is 4.07. The van der Waals surface area contributed by atoms with Gasteiger partial charge >= 0.3 is 0 Å². The lowest BCUT2D eigenvalue weighted by Crippen LogP contribution is -2.32. The molecule has 6 heteroatoms. The van der Waals surface area contributed by atoms with Crippen LogP contribution in [0.4, 0.5) is 0 Å². The lowest BCUT2D eigenvalue weighted by atomic mass is 10.2. The van der Waals surface area contributed by atoms with Crippen LogP contribution in [0.1, 0.15) is 12.8 Å². The first-order chi connectivity index (χ1) is 7.08. The lowest BCUT2D eigenvalue weighted by molar-refractivity contribution is -0.111. The Morgan fingerprint density at radius 1 is 1.40 bits per heavy atom. The molecule has 15 heavy (non-hydrogen) atoms. The number of carbonyl (C=O) groups is 1. The molecule has 0 aromatic rings. The smallest absolute Gasteiger partial charge is 0.195 e. The van der Waals surface area contributed by atoms with Gasteiger partial charge in [-0.1, -0.05) is 0 Å². The zero-order chi connectivity index (χ0) is 11.3. The number of hydrogen-bond acceptors (Lipinski definition) is 5. The monoisotopic (exact) mass is 231 g/mol. The van der Waals surface area contributed by atoms with Gasteiger partial charge in [0.25, 0.3) is 0 Å². The Morgan fingerprint density at radius 2 is 2.13 bits per heavy atom. The highest BCUT2D eigenvalue weighted by Gasteiger charge is 2.29. The second kappa shape index (κ2) is 5.18. The van der Waals surface area contributed by atoms with Gasteiger partial charge in [-0.2, -0.15) is 0 Å². The molecule has 1 N–H and O–H groups in total. The van der Waals surface area contributed by atoms with E-state index < -0.39 is 20.9 Å². The van der Waals surface area contributed by atoms with Crippen LogP contribution in [0.3, 0.4) is 0 Å². The molecule has 1 aliphatic rings. The normalized spacial score (nSPS) is 20.9. The molecule has 0 aromatic heterocycles. The Balaban J connectivity index is 2.65. The summed E-state index contributed by atoms with van der Waals surface area (Å²) in [7, 11) is -3.44. The molecule has 0 saturated heterocycles. The highest BCUT2D eigenvalue weighted by atomic mass is 32.2. The molecule has 0 aliphatic carbocycles. The molecule has 0 radical (unpaired) electrons. The minimum Gasteiger partial charge on any atom is -0.396 e. The molecule has 0 aromatic carbocycles. The van der Waals surface area contributed by atoms with Gasteiger partial charge in [0.2, 0.25) is 0 Å². The van der Waals surface area contributed by atoms with E-state index in [9.17, 15) is 13.2 Å². The summed E-state index contributed by atoms with van der Waals surface area (Å²) in [4.78, 5) is 14.8. The molecule has 0 bridgehead atoms. The van der Waals surface area contributed by atoms with E-state index in [4.69, 9.17) is 5.11 Å². The van der Waals surface area contributed by atoms with E-state index in [0.717, 1.165) is 6.21 Å². The standard InChI is InChI=1S/C9H13NO4S/c11-5-1-2-6-15(13,14)9-3-4-10-7-8(9)12/h3-4,7,9,11H,1-2,5-6H2. The SMILES string of the molecule is O=C1C=NC=CC1S(=O)(=O)CCCCO. The van der Waals surface area contributed by atoms with Gasteiger partial charge in [-0.05, 0) is 18.9 Å². The van der Waals surface area contributed by atoms with Crippen LogP contribution in [0.15, 0.2) is 17.3 Å². The van der Waals surface area contributed by atoms with Crippen molar-refractivity contribution in [2.75, 3.05) is 12.4 Å². The quantitative estimate of drug-likeness (QED) is 0.659. The molecule has 0 saturated carbocycles. The number of aliphatic hydroxyl groups is 1. The minimum absolute atomic E-state index is 0.0363. The van der Waals surface area contributed by atoms with Crippen molar-refractivity contribution in [3.8, 4) is 0 Å². The average Bonchev–Trinajstić information content (AvgIpc) is 2.18. The van der Waals surface area contributed by atoms with E-state index in [2.05, 4.69) is 4.99 Å². The van der Waals surface area contributed by atoms with Crippen molar-refractivity contribution in [3.05, 3.63) is 12.3 Å². The number of rotatable bonds is 5. The van der Waals surface area contributed by atoms with Crippen molar-refractivity contribution < 1.29 is 18.3 Å². The van der Waals surface area contributed by atoms with E-state index in [1.54, 1.807) is 0 Å². The van der Waals surface area contributed by atoms with E-state index >= 15 is 0 Å². The van der Waals surface area contributed by atoms with Crippen LogP contribution in [0.5, 0.6) is 0 Å². The third kappa shape index (κ3) is 3.24. The molecule has 1 unspecified atom stereocenters. The van der Waals surface area contributed by atoms with Crippen LogP contribution in [0, 0.1) is 0 Å². The largest absolute Gasteiger partial charge is 0.396 e. The number of sulfone groups is 1. The minimum atomic E-state index is -3.44. The fraction of sp³-hybridized carbons (Fsp3) is 0.556. The summed E-state index contributed by atoms with van der Waals surface area (Å²) in [6.07, 6.45) is 4.42. The van der Waals surface area contributed by atoms with Gasteiger partial charge in [0.15, 0.2) is 15.6 Å². The summed E-state index contributed by atoms with van der Waals surface area (Å²) >= 11 is 0. The fourth-order valence-corrected chi connectivity index (χ4v) is 2.84. The number of nitrogens with zero attached hydrogens (tertiary/aromatic N) is 1. The van der Waals surface area contributed by atoms with Crippen molar-refractivity contribution in [1.29, 1.82) is 0 Å². The summed E-state index contributed by atoms with van der Waals surface area (Å²) < 4.78 is 23.3. The zero-order valence-electron chi connectivity index (χ0n) is 8.17. The van der Waals surface area contributed by atoms with Crippen LogP contribution in [0.25, 0.3) is 0 Å². The zero-order valence-corrected chi connectivity index (χ0v) is 8.98. The van der Waals surface area contributed by atoms with Crippen LogP contribution < -0.4 is 0 Å². The molecule has 5 nitrogen and oxygen atoms in total. The van der Waals surface area contributed by atoms with E-state index in [1.165, 1.54) is 12.3 Å². The van der Waals surface area contributed by atoms with Gasteiger partial charge in [0.05, 0.1) is 12.0 Å². The maximum Gasteiger partial charge on any atom is 0.195 e. The first-order valence-corrected chi connectivity index (χ1v) is 6.35. The van der Waals surface area contributed by atoms with Gasteiger partial charge < -0.3 is 5.11 Å². The summed E-state index contributed by atoms with van der Waals surface area (Å²) in [5.74, 6) is -0.580. The lowest BCUT2D eigenvalue weighted by Gasteiger charge is -2.11. The first kappa shape index (κ1) is 12.1. The van der Waals surface area contributed by atoms with Crippen LogP contribution >= 0.6 is 0 Å². The van der Waals surface area contributed by atoms with E-state index in [-0.39, 0.29) is 12.4 Å². The van der Waals surface area contributed by atoms with Crippen molar-refractivity contribution in [3.63, 3.8) is 0 Å². The van der Waals surface area contributed by atoms with E-state index in [1.807, 2.05) is 0 Å². The Kier molecular flexibility index (Phi) is 4.16. The Labute approximate surface area is 88.4 Å². The predicted molar refractivity (Wildman–Crippen MR) is 56.5 cm³/mol. The molecule has 0 spiro atoms. The van der Waals surface area contributed by atoms with Gasteiger partial charge in [-0.25, -0.2) is 8.42 Å². The summed E-state index contributed by atoms with van der Waals surface area (Å²) in [6.45, 7) is -0.0363. The Hall–Kier alpha value is -1.01. The second-order valence-corrected chi connectivity index (χ2v) is 5.48. The Morgan fingerprint density at radius 3 is 2.73 bits per heavy atom. The van der Waals surface area contributed by atoms with Crippen molar-refractivity contribution in [2.45, 2.75) is 18.1 Å². The van der Waals surface area contributed by atoms with E-state index in [0.29, 0.717) is 12.8 Å². The molecule has 84 valence electrons. The van der Waals surface area contributed by atoms with Crippen molar-refractivity contribution in [1.82, 2.24) is 0 Å². The number of aliphatic imine (C=N–C) groups is 1. The highest BCUT2D eigenvalue weighted by molar-refractivity contribution is 7.93. The van der Waals surface area contributed by atoms with Gasteiger partial charge in [-0.3, -0.25) is 9.79 Å². The molecule has 1 rings (SSSR count). The summed E-state index contributed by atoms with van der Waals surface area (Å²) in [6, 6.07) is 0. The van der Waals surface area contributed by atoms with Crippen LogP contribution in [0.2, 0.25) is 0 Å². The summed E-state index contributed by atoms with van der Waals surface area (Å²) in [5, 5.41) is 7.44. The van der Waals surface area contributed by atoms with Gasteiger partial charge in [0, 0.05) is 12.8 Å². The number of unbranched alkanes of at least 4 members (excludes halogenated alkanes) is 1. The molecule has 1 heterocycles. The van der Waals surface area contributed by atoms with Crippen molar-refractivity contribution in [2.24, 2.45) is 4.99 Å². The number of hydrogen-bond donors (Lipinski definition) is 1. The molecule has 0 fully saturated rings. The highest BCUT2D eigenvalue weighted by Crippen LogP contribution is 2.10. The molecular weight excluding hydrogens is 218 g/mol. The Bertz CT molecular complexity index is 383. The first-order valence-electron chi connectivity index (χ1n) is 4.64. The third-order valence-electron chi connectivity index (χ3n) is 2.05. The molecule has 0 amide bonds. The molecule has 1 aliphatic heterocycles. The molecule has 1 atom stereocenters. The number of Topliss-reactive ketones (excluding diaryl/α,β-unsaturated/α-hetero) is 1. The number of ketones is 1.